The van der Waals surface area contributed by atoms with Crippen LogP contribution in [0.5, 0.6) is 0 Å². The molecule has 4 aromatic rings. The lowest BCUT2D eigenvalue weighted by atomic mass is 9.57. The number of nitrogens with zero attached hydrogens (tertiary/aromatic N) is 1. The Morgan fingerprint density at radius 3 is 2.40 bits per heavy atom. The van der Waals surface area contributed by atoms with Crippen LogP contribution in [-0.2, 0) is 7.05 Å². The highest BCUT2D eigenvalue weighted by Gasteiger charge is 2.47. The maximum absolute atomic E-state index is 2.52. The molecule has 3 aliphatic rings. The fourth-order valence-corrected chi connectivity index (χ4v) is 7.74. The first kappa shape index (κ1) is 21.0. The Morgan fingerprint density at radius 2 is 1.57 bits per heavy atom. The van der Waals surface area contributed by atoms with E-state index < -0.39 is 0 Å². The summed E-state index contributed by atoms with van der Waals surface area (Å²) in [5.41, 5.74) is 10.2. The lowest BCUT2D eigenvalue weighted by Gasteiger charge is -2.47. The summed E-state index contributed by atoms with van der Waals surface area (Å²) in [6.45, 7) is 2.39. The van der Waals surface area contributed by atoms with Crippen molar-refractivity contribution in [2.45, 2.75) is 44.9 Å². The van der Waals surface area contributed by atoms with Gasteiger partial charge >= 0.3 is 0 Å². The lowest BCUT2D eigenvalue weighted by molar-refractivity contribution is 0.126. The molecular formula is C34H33N. The topological polar surface area (TPSA) is 4.93 Å². The van der Waals surface area contributed by atoms with Crippen molar-refractivity contribution in [3.8, 4) is 11.1 Å². The number of aromatic nitrogens is 1. The summed E-state index contributed by atoms with van der Waals surface area (Å²) in [7, 11) is 2.18. The zero-order valence-electron chi connectivity index (χ0n) is 20.8. The molecule has 0 aliphatic heterocycles. The lowest BCUT2D eigenvalue weighted by Crippen LogP contribution is -2.37. The number of hydrogen-bond donors (Lipinski definition) is 0. The molecule has 0 spiro atoms. The highest BCUT2D eigenvalue weighted by molar-refractivity contribution is 6.09. The van der Waals surface area contributed by atoms with E-state index in [9.17, 15) is 0 Å². The molecule has 3 aliphatic carbocycles. The molecule has 3 aromatic carbocycles. The van der Waals surface area contributed by atoms with Gasteiger partial charge in [-0.25, -0.2) is 0 Å². The van der Waals surface area contributed by atoms with Crippen molar-refractivity contribution in [1.29, 1.82) is 0 Å². The largest absolute Gasteiger partial charge is 0.344 e. The Hall–Kier alpha value is -3.32. The quantitative estimate of drug-likeness (QED) is 0.290. The molecular weight excluding hydrogens is 422 g/mol. The zero-order valence-corrected chi connectivity index (χ0v) is 20.8. The second-order valence-electron chi connectivity index (χ2n) is 11.0. The first-order valence-electron chi connectivity index (χ1n) is 13.3. The number of para-hydroxylation sites is 1. The minimum absolute atomic E-state index is 0.311. The van der Waals surface area contributed by atoms with Crippen LogP contribution in [0.25, 0.3) is 39.0 Å². The number of rotatable bonds is 3. The molecule has 0 radical (unpaired) electrons. The molecule has 1 heteroatoms. The van der Waals surface area contributed by atoms with E-state index in [-0.39, 0.29) is 0 Å². The van der Waals surface area contributed by atoms with E-state index in [0.717, 1.165) is 0 Å². The van der Waals surface area contributed by atoms with Gasteiger partial charge in [-0.05, 0) is 65.6 Å². The molecule has 35 heavy (non-hydrogen) atoms. The number of allylic oxidation sites excluding steroid dienone is 5. The highest BCUT2D eigenvalue weighted by atomic mass is 14.9. The third-order valence-corrected chi connectivity index (χ3v) is 9.27. The van der Waals surface area contributed by atoms with Crippen LogP contribution in [0, 0.1) is 11.3 Å². The van der Waals surface area contributed by atoms with Gasteiger partial charge in [-0.2, -0.15) is 0 Å². The Labute approximate surface area is 208 Å². The second kappa shape index (κ2) is 7.85. The second-order valence-corrected chi connectivity index (χ2v) is 11.0. The summed E-state index contributed by atoms with van der Waals surface area (Å²) in [5.74, 6) is 1.06. The van der Waals surface area contributed by atoms with E-state index in [1.165, 1.54) is 70.6 Å². The maximum atomic E-state index is 2.52. The molecule has 1 aromatic heterocycles. The van der Waals surface area contributed by atoms with Gasteiger partial charge in [0, 0.05) is 40.7 Å². The Kier molecular flexibility index (Phi) is 4.71. The predicted molar refractivity (Wildman–Crippen MR) is 150 cm³/mol. The summed E-state index contributed by atoms with van der Waals surface area (Å²) < 4.78 is 2.32. The van der Waals surface area contributed by atoms with Crippen molar-refractivity contribution in [2.24, 2.45) is 18.4 Å². The summed E-state index contributed by atoms with van der Waals surface area (Å²) >= 11 is 0. The van der Waals surface area contributed by atoms with Crippen LogP contribution in [0.3, 0.4) is 0 Å². The van der Waals surface area contributed by atoms with Gasteiger partial charge in [0.2, 0.25) is 0 Å². The Bertz CT molecular complexity index is 1540. The van der Waals surface area contributed by atoms with Gasteiger partial charge in [-0.3, -0.25) is 0 Å². The van der Waals surface area contributed by atoms with Gasteiger partial charge in [0.1, 0.15) is 0 Å². The molecule has 1 atom stereocenters. The van der Waals surface area contributed by atoms with Gasteiger partial charge in [-0.15, -0.1) is 0 Å². The van der Waals surface area contributed by atoms with Gasteiger partial charge in [0.15, 0.2) is 0 Å². The van der Waals surface area contributed by atoms with E-state index >= 15 is 0 Å². The normalized spacial score (nSPS) is 21.2. The molecule has 1 fully saturated rings. The van der Waals surface area contributed by atoms with Gasteiger partial charge in [0.05, 0.1) is 0 Å². The minimum Gasteiger partial charge on any atom is -0.344 e. The maximum Gasteiger partial charge on any atom is 0.0489 e. The summed E-state index contributed by atoms with van der Waals surface area (Å²) in [6, 6.07) is 22.9. The number of aryl methyl sites for hydroxylation is 1. The SMILES string of the molecule is CC1=Cc2c(-c3ccc4c(c3)c3ccccc3n4C)cccc2C1C1(C2C=CC=C2)CCCCC1. The third kappa shape index (κ3) is 3.00. The summed E-state index contributed by atoms with van der Waals surface area (Å²) in [4.78, 5) is 0. The van der Waals surface area contributed by atoms with E-state index in [0.29, 0.717) is 17.3 Å². The molecule has 1 unspecified atom stereocenters. The van der Waals surface area contributed by atoms with Crippen molar-refractivity contribution in [2.75, 3.05) is 0 Å². The van der Waals surface area contributed by atoms with E-state index in [4.69, 9.17) is 0 Å². The molecule has 174 valence electrons. The van der Waals surface area contributed by atoms with Crippen molar-refractivity contribution in [3.63, 3.8) is 0 Å². The van der Waals surface area contributed by atoms with Crippen LogP contribution in [0.1, 0.15) is 56.1 Å². The van der Waals surface area contributed by atoms with Crippen LogP contribution in [-0.4, -0.2) is 4.57 Å². The number of benzene rings is 3. The monoisotopic (exact) mass is 455 g/mol. The fourth-order valence-electron chi connectivity index (χ4n) is 7.74. The van der Waals surface area contributed by atoms with Gasteiger partial charge in [-0.1, -0.05) is 97.7 Å². The first-order chi connectivity index (χ1) is 17.2. The van der Waals surface area contributed by atoms with Crippen molar-refractivity contribution >= 4 is 27.9 Å². The van der Waals surface area contributed by atoms with Crippen molar-refractivity contribution < 1.29 is 0 Å². The smallest absolute Gasteiger partial charge is 0.0489 e. The summed E-state index contributed by atoms with van der Waals surface area (Å²) in [5, 5.41) is 2.68. The average Bonchev–Trinajstić information content (AvgIpc) is 3.62. The van der Waals surface area contributed by atoms with E-state index in [2.05, 4.69) is 110 Å². The zero-order chi connectivity index (χ0) is 23.6. The van der Waals surface area contributed by atoms with E-state index in [1.807, 2.05) is 0 Å². The molecule has 1 saturated carbocycles. The van der Waals surface area contributed by atoms with Crippen molar-refractivity contribution in [3.05, 3.63) is 102 Å². The summed E-state index contributed by atoms with van der Waals surface area (Å²) in [6.07, 6.45) is 18.7. The van der Waals surface area contributed by atoms with Crippen molar-refractivity contribution in [1.82, 2.24) is 4.57 Å². The van der Waals surface area contributed by atoms with Crippen LogP contribution < -0.4 is 0 Å². The molecule has 0 bridgehead atoms. The number of hydrogen-bond acceptors (Lipinski definition) is 0. The molecule has 1 nitrogen and oxygen atoms in total. The first-order valence-corrected chi connectivity index (χ1v) is 13.3. The standard InChI is InChI=1S/C34H33N/c1-23-21-29-26(24-17-18-32-30(22-24)27-13-6-7-16-31(27)35(32)2)14-10-15-28(29)33(23)34(19-8-3-9-20-34)25-11-4-5-12-25/h4-7,10-18,21-22,25,33H,3,8-9,19-20H2,1-2H3. The van der Waals surface area contributed by atoms with Gasteiger partial charge < -0.3 is 4.57 Å². The number of fused-ring (bicyclic) bond motifs is 4. The third-order valence-electron chi connectivity index (χ3n) is 9.27. The molecule has 0 saturated heterocycles. The van der Waals surface area contributed by atoms with Crippen LogP contribution in [0.2, 0.25) is 0 Å². The van der Waals surface area contributed by atoms with Gasteiger partial charge in [0.25, 0.3) is 0 Å². The molecule has 1 heterocycles. The average molecular weight is 456 g/mol. The molecule has 7 rings (SSSR count). The van der Waals surface area contributed by atoms with Crippen LogP contribution >= 0.6 is 0 Å². The highest BCUT2D eigenvalue weighted by Crippen LogP contribution is 2.60. The Morgan fingerprint density at radius 1 is 0.800 bits per heavy atom. The molecule has 0 N–H and O–H groups in total. The Balaban J connectivity index is 1.39. The van der Waals surface area contributed by atoms with Crippen LogP contribution in [0.15, 0.2) is 90.5 Å². The minimum atomic E-state index is 0.311. The fraction of sp³-hybridized carbons (Fsp3) is 0.294. The molecule has 0 amide bonds. The van der Waals surface area contributed by atoms with E-state index in [1.54, 1.807) is 11.1 Å². The predicted octanol–water partition coefficient (Wildman–Crippen LogP) is 9.19. The van der Waals surface area contributed by atoms with Crippen LogP contribution in [0.4, 0.5) is 0 Å².